The molecule has 2 aromatic heterocycles. The number of carbonyl (C=O) groups is 2. The maximum Gasteiger partial charge on any atom is 0.349 e. The van der Waals surface area contributed by atoms with Crippen molar-refractivity contribution < 1.29 is 18.4 Å². The van der Waals surface area contributed by atoms with Gasteiger partial charge in [-0.1, -0.05) is 36.4 Å². The number of para-hydroxylation sites is 2. The molecule has 0 radical (unpaired) electrons. The lowest BCUT2D eigenvalue weighted by Crippen LogP contribution is -2.43. The van der Waals surface area contributed by atoms with Gasteiger partial charge in [0.1, 0.15) is 22.3 Å². The van der Waals surface area contributed by atoms with Gasteiger partial charge in [-0.3, -0.25) is 9.59 Å². The summed E-state index contributed by atoms with van der Waals surface area (Å²) in [6.45, 7) is 1.69. The van der Waals surface area contributed by atoms with Crippen molar-refractivity contribution >= 4 is 33.8 Å². The minimum absolute atomic E-state index is 0.0375. The molecule has 1 unspecified atom stereocenters. The quantitative estimate of drug-likeness (QED) is 0.481. The van der Waals surface area contributed by atoms with E-state index in [0.717, 1.165) is 0 Å². The van der Waals surface area contributed by atoms with Gasteiger partial charge in [0.15, 0.2) is 0 Å². The van der Waals surface area contributed by atoms with E-state index in [-0.39, 0.29) is 17.7 Å². The van der Waals surface area contributed by atoms with Crippen LogP contribution in [0.2, 0.25) is 0 Å². The molecule has 0 fully saturated rings. The molecular weight excluding hydrogens is 400 g/mol. The van der Waals surface area contributed by atoms with Crippen molar-refractivity contribution in [2.24, 2.45) is 0 Å². The van der Waals surface area contributed by atoms with Crippen LogP contribution >= 0.6 is 0 Å². The average Bonchev–Trinajstić information content (AvgIpc) is 2.76. The topological polar surface area (TPSA) is 119 Å². The van der Waals surface area contributed by atoms with E-state index in [1.54, 1.807) is 55.5 Å². The number of amides is 2. The molecule has 0 aliphatic carbocycles. The van der Waals surface area contributed by atoms with E-state index in [1.807, 2.05) is 0 Å². The Morgan fingerprint density at radius 2 is 1.29 bits per heavy atom. The molecule has 2 aromatic carbocycles. The first-order chi connectivity index (χ1) is 14.9. The third kappa shape index (κ3) is 4.23. The van der Waals surface area contributed by atoms with Gasteiger partial charge in [-0.2, -0.15) is 0 Å². The van der Waals surface area contributed by atoms with Gasteiger partial charge in [0.05, 0.1) is 0 Å². The number of rotatable bonds is 5. The fourth-order valence-corrected chi connectivity index (χ4v) is 3.13. The Labute approximate surface area is 175 Å². The zero-order valence-electron chi connectivity index (χ0n) is 16.5. The van der Waals surface area contributed by atoms with E-state index < -0.39 is 29.1 Å². The SMILES string of the molecule is CC(CNC(=O)c1cc2ccccc2oc1=O)NC(=O)c1cc2ccccc2oc1=O. The zero-order chi connectivity index (χ0) is 22.0. The fraction of sp³-hybridized carbons (Fsp3) is 0.130. The zero-order valence-corrected chi connectivity index (χ0v) is 16.5. The first-order valence-electron chi connectivity index (χ1n) is 9.57. The Morgan fingerprint density at radius 1 is 0.806 bits per heavy atom. The summed E-state index contributed by atoms with van der Waals surface area (Å²) in [6, 6.07) is 16.1. The molecule has 2 amide bonds. The van der Waals surface area contributed by atoms with Gasteiger partial charge in [-0.15, -0.1) is 0 Å². The highest BCUT2D eigenvalue weighted by molar-refractivity contribution is 5.97. The van der Waals surface area contributed by atoms with Crippen LogP contribution in [-0.2, 0) is 0 Å². The van der Waals surface area contributed by atoms with Gasteiger partial charge in [0.25, 0.3) is 11.8 Å². The maximum atomic E-state index is 12.5. The summed E-state index contributed by atoms with van der Waals surface area (Å²) in [5.74, 6) is -1.24. The van der Waals surface area contributed by atoms with Crippen molar-refractivity contribution in [2.45, 2.75) is 13.0 Å². The van der Waals surface area contributed by atoms with Gasteiger partial charge in [0, 0.05) is 23.4 Å². The third-order valence-corrected chi connectivity index (χ3v) is 4.72. The van der Waals surface area contributed by atoms with Crippen LogP contribution in [0.5, 0.6) is 0 Å². The molecular formula is C23H18N2O6. The molecule has 0 bridgehead atoms. The van der Waals surface area contributed by atoms with Gasteiger partial charge in [-0.05, 0) is 31.2 Å². The van der Waals surface area contributed by atoms with Crippen molar-refractivity contribution in [3.8, 4) is 0 Å². The first-order valence-corrected chi connectivity index (χ1v) is 9.57. The normalized spacial score (nSPS) is 11.9. The summed E-state index contributed by atoms with van der Waals surface area (Å²) in [5.41, 5.74) is -0.986. The van der Waals surface area contributed by atoms with E-state index in [2.05, 4.69) is 10.6 Å². The lowest BCUT2D eigenvalue weighted by Gasteiger charge is -2.14. The third-order valence-electron chi connectivity index (χ3n) is 4.72. The highest BCUT2D eigenvalue weighted by atomic mass is 16.4. The second-order valence-corrected chi connectivity index (χ2v) is 7.06. The van der Waals surface area contributed by atoms with Crippen LogP contribution in [-0.4, -0.2) is 24.4 Å². The molecule has 0 saturated heterocycles. The van der Waals surface area contributed by atoms with E-state index >= 15 is 0 Å². The molecule has 4 aromatic rings. The molecule has 1 atom stereocenters. The molecule has 2 heterocycles. The highest BCUT2D eigenvalue weighted by Crippen LogP contribution is 2.13. The maximum absolute atomic E-state index is 12.5. The Balaban J connectivity index is 1.43. The predicted octanol–water partition coefficient (Wildman–Crippen LogP) is 2.45. The van der Waals surface area contributed by atoms with E-state index in [1.165, 1.54) is 12.1 Å². The summed E-state index contributed by atoms with van der Waals surface area (Å²) in [7, 11) is 0. The van der Waals surface area contributed by atoms with Crippen LogP contribution in [0.1, 0.15) is 27.6 Å². The van der Waals surface area contributed by atoms with Crippen LogP contribution in [0.3, 0.4) is 0 Å². The highest BCUT2D eigenvalue weighted by Gasteiger charge is 2.18. The summed E-state index contributed by atoms with van der Waals surface area (Å²) in [6.07, 6.45) is 0. The smallest absolute Gasteiger partial charge is 0.349 e. The van der Waals surface area contributed by atoms with E-state index in [9.17, 15) is 19.2 Å². The van der Waals surface area contributed by atoms with E-state index in [4.69, 9.17) is 8.83 Å². The molecule has 31 heavy (non-hydrogen) atoms. The van der Waals surface area contributed by atoms with E-state index in [0.29, 0.717) is 21.9 Å². The molecule has 0 saturated carbocycles. The molecule has 0 aliphatic rings. The summed E-state index contributed by atoms with van der Waals surface area (Å²) in [5, 5.41) is 6.47. The van der Waals surface area contributed by atoms with Crippen LogP contribution < -0.4 is 21.9 Å². The van der Waals surface area contributed by atoms with Crippen LogP contribution in [0, 0.1) is 0 Å². The average molecular weight is 418 g/mol. The molecule has 0 spiro atoms. The molecule has 8 nitrogen and oxygen atoms in total. The van der Waals surface area contributed by atoms with Crippen molar-refractivity contribution in [3.05, 3.63) is 92.6 Å². The van der Waals surface area contributed by atoms with Crippen molar-refractivity contribution in [2.75, 3.05) is 6.54 Å². The molecule has 156 valence electrons. The molecule has 4 rings (SSSR count). The van der Waals surface area contributed by atoms with Gasteiger partial charge in [0.2, 0.25) is 0 Å². The number of benzene rings is 2. The van der Waals surface area contributed by atoms with Crippen LogP contribution in [0.4, 0.5) is 0 Å². The van der Waals surface area contributed by atoms with Crippen molar-refractivity contribution in [1.82, 2.24) is 10.6 Å². The fourth-order valence-electron chi connectivity index (χ4n) is 3.13. The summed E-state index contributed by atoms with van der Waals surface area (Å²) < 4.78 is 10.3. The number of hydrogen-bond acceptors (Lipinski definition) is 6. The Hall–Kier alpha value is -4.20. The first kappa shape index (κ1) is 20.1. The monoisotopic (exact) mass is 418 g/mol. The van der Waals surface area contributed by atoms with Crippen LogP contribution in [0.15, 0.2) is 79.1 Å². The Morgan fingerprint density at radius 3 is 1.84 bits per heavy atom. The van der Waals surface area contributed by atoms with Gasteiger partial charge in [-0.25, -0.2) is 9.59 Å². The number of carbonyl (C=O) groups excluding carboxylic acids is 2. The second-order valence-electron chi connectivity index (χ2n) is 7.06. The lowest BCUT2D eigenvalue weighted by atomic mass is 10.1. The Bertz CT molecular complexity index is 1420. The van der Waals surface area contributed by atoms with Crippen molar-refractivity contribution in [1.29, 1.82) is 0 Å². The predicted molar refractivity (Wildman–Crippen MR) is 114 cm³/mol. The lowest BCUT2D eigenvalue weighted by molar-refractivity contribution is 0.0908. The number of fused-ring (bicyclic) bond motifs is 2. The standard InChI is InChI=1S/C23H18N2O6/c1-13(25-21(27)17-11-15-7-3-5-9-19(15)31-23(17)29)12-24-20(26)16-10-14-6-2-4-8-18(14)30-22(16)28/h2-11,13H,12H2,1H3,(H,24,26)(H,25,27). The van der Waals surface area contributed by atoms with Crippen LogP contribution in [0.25, 0.3) is 21.9 Å². The summed E-state index contributed by atoms with van der Waals surface area (Å²) >= 11 is 0. The number of nitrogens with one attached hydrogen (secondary N) is 2. The van der Waals surface area contributed by atoms with Crippen molar-refractivity contribution in [3.63, 3.8) is 0 Å². The minimum Gasteiger partial charge on any atom is -0.422 e. The van der Waals surface area contributed by atoms with Gasteiger partial charge >= 0.3 is 11.3 Å². The van der Waals surface area contributed by atoms with Gasteiger partial charge < -0.3 is 19.5 Å². The molecule has 2 N–H and O–H groups in total. The Kier molecular flexibility index (Phi) is 5.36. The largest absolute Gasteiger partial charge is 0.422 e. The number of hydrogen-bond donors (Lipinski definition) is 2. The minimum atomic E-state index is -0.749. The second kappa shape index (κ2) is 8.27. The molecule has 8 heteroatoms. The summed E-state index contributed by atoms with van der Waals surface area (Å²) in [4.78, 5) is 49.1. The molecule has 0 aliphatic heterocycles.